The van der Waals surface area contributed by atoms with E-state index in [1.54, 1.807) is 24.3 Å². The fourth-order valence-electron chi connectivity index (χ4n) is 2.59. The summed E-state index contributed by atoms with van der Waals surface area (Å²) < 4.78 is 44.4. The third kappa shape index (κ3) is 6.10. The van der Waals surface area contributed by atoms with Gasteiger partial charge in [-0.3, -0.25) is 9.10 Å². The highest BCUT2D eigenvalue weighted by Gasteiger charge is 2.21. The monoisotopic (exact) mass is 428 g/mol. The van der Waals surface area contributed by atoms with E-state index >= 15 is 0 Å². The first kappa shape index (κ1) is 22.0. The Morgan fingerprint density at radius 1 is 1.25 bits per heavy atom. The molecule has 0 spiro atoms. The normalized spacial score (nSPS) is 11.1. The lowest BCUT2D eigenvalue weighted by molar-refractivity contribution is -0.116. The van der Waals surface area contributed by atoms with E-state index < -0.39 is 15.8 Å². The second-order valence-electron chi connectivity index (χ2n) is 6.02. The van der Waals surface area contributed by atoms with Crippen molar-refractivity contribution in [3.8, 4) is 5.75 Å². The van der Waals surface area contributed by atoms with Crippen LogP contribution in [0.4, 0.5) is 15.8 Å². The molecule has 1 amide bonds. The van der Waals surface area contributed by atoms with Crippen LogP contribution in [-0.2, 0) is 14.8 Å². The molecule has 0 radical (unpaired) electrons. The minimum absolute atomic E-state index is 0.0812. The molecule has 0 aliphatic carbocycles. The van der Waals surface area contributed by atoms with Gasteiger partial charge in [0, 0.05) is 18.7 Å². The van der Waals surface area contributed by atoms with E-state index in [4.69, 9.17) is 16.3 Å². The number of nitrogens with zero attached hydrogens (tertiary/aromatic N) is 1. The Morgan fingerprint density at radius 2 is 1.96 bits per heavy atom. The van der Waals surface area contributed by atoms with Gasteiger partial charge < -0.3 is 10.1 Å². The maximum atomic E-state index is 13.2. The number of rotatable bonds is 9. The Labute approximate surface area is 169 Å². The van der Waals surface area contributed by atoms with E-state index in [0.717, 1.165) is 12.3 Å². The molecule has 0 aliphatic heterocycles. The smallest absolute Gasteiger partial charge is 0.232 e. The third-order valence-electron chi connectivity index (χ3n) is 3.80. The van der Waals surface area contributed by atoms with Crippen molar-refractivity contribution in [3.63, 3.8) is 0 Å². The van der Waals surface area contributed by atoms with E-state index in [0.29, 0.717) is 23.7 Å². The van der Waals surface area contributed by atoms with Gasteiger partial charge in [0.1, 0.15) is 11.6 Å². The van der Waals surface area contributed by atoms with Gasteiger partial charge in [-0.2, -0.15) is 0 Å². The van der Waals surface area contributed by atoms with Crippen LogP contribution in [-0.4, -0.2) is 33.7 Å². The summed E-state index contributed by atoms with van der Waals surface area (Å²) in [5.41, 5.74) is 0.802. The Morgan fingerprint density at radius 3 is 2.61 bits per heavy atom. The SMILES string of the molecule is CCOc1ccccc1N(CCCC(=O)Nc1ccc(F)c(Cl)c1)S(C)(=O)=O. The molecular formula is C19H22ClFN2O4S. The van der Waals surface area contributed by atoms with Crippen molar-refractivity contribution in [2.45, 2.75) is 19.8 Å². The molecule has 0 heterocycles. The van der Waals surface area contributed by atoms with Crippen molar-refractivity contribution in [1.29, 1.82) is 0 Å². The molecule has 2 aromatic carbocycles. The summed E-state index contributed by atoms with van der Waals surface area (Å²) in [5.74, 6) is -0.438. The molecule has 2 rings (SSSR count). The summed E-state index contributed by atoms with van der Waals surface area (Å²) in [6, 6.07) is 10.7. The summed E-state index contributed by atoms with van der Waals surface area (Å²) in [4.78, 5) is 12.1. The van der Waals surface area contributed by atoms with Crippen LogP contribution in [0, 0.1) is 5.82 Å². The summed E-state index contributed by atoms with van der Waals surface area (Å²) in [7, 11) is -3.56. The maximum absolute atomic E-state index is 13.2. The van der Waals surface area contributed by atoms with Gasteiger partial charge in [0.2, 0.25) is 15.9 Å². The van der Waals surface area contributed by atoms with Gasteiger partial charge in [-0.1, -0.05) is 23.7 Å². The molecule has 0 fully saturated rings. The van der Waals surface area contributed by atoms with Crippen LogP contribution >= 0.6 is 11.6 Å². The van der Waals surface area contributed by atoms with Crippen LogP contribution in [0.5, 0.6) is 5.75 Å². The molecule has 0 saturated carbocycles. The average Bonchev–Trinajstić information content (AvgIpc) is 2.62. The zero-order chi connectivity index (χ0) is 20.7. The Balaban J connectivity index is 2.03. The molecular weight excluding hydrogens is 407 g/mol. The van der Waals surface area contributed by atoms with Crippen molar-refractivity contribution < 1.29 is 22.3 Å². The molecule has 0 atom stereocenters. The van der Waals surface area contributed by atoms with Gasteiger partial charge in [0.15, 0.2) is 0 Å². The number of hydrogen-bond acceptors (Lipinski definition) is 4. The van der Waals surface area contributed by atoms with Crippen molar-refractivity contribution in [1.82, 2.24) is 0 Å². The number of halogens is 2. The molecule has 9 heteroatoms. The number of carbonyl (C=O) groups excluding carboxylic acids is 1. The average molecular weight is 429 g/mol. The van der Waals surface area contributed by atoms with Gasteiger partial charge in [-0.05, 0) is 43.7 Å². The number of ether oxygens (including phenoxy) is 1. The summed E-state index contributed by atoms with van der Waals surface area (Å²) in [6.07, 6.45) is 1.47. The van der Waals surface area contributed by atoms with E-state index in [2.05, 4.69) is 5.32 Å². The van der Waals surface area contributed by atoms with Crippen LogP contribution in [0.15, 0.2) is 42.5 Å². The summed E-state index contributed by atoms with van der Waals surface area (Å²) in [6.45, 7) is 2.32. The highest BCUT2D eigenvalue weighted by Crippen LogP contribution is 2.30. The Kier molecular flexibility index (Phi) is 7.65. The van der Waals surface area contributed by atoms with Gasteiger partial charge in [-0.15, -0.1) is 0 Å². The lowest BCUT2D eigenvalue weighted by atomic mass is 10.2. The number of amides is 1. The highest BCUT2D eigenvalue weighted by molar-refractivity contribution is 7.92. The zero-order valence-electron chi connectivity index (χ0n) is 15.6. The number of anilines is 2. The van der Waals surface area contributed by atoms with Gasteiger partial charge in [-0.25, -0.2) is 12.8 Å². The molecule has 1 N–H and O–H groups in total. The third-order valence-corrected chi connectivity index (χ3v) is 5.27. The Hall–Kier alpha value is -2.32. The predicted molar refractivity (Wildman–Crippen MR) is 109 cm³/mol. The molecule has 0 unspecified atom stereocenters. The summed E-state index contributed by atoms with van der Waals surface area (Å²) >= 11 is 5.69. The molecule has 0 saturated heterocycles. The fraction of sp³-hybridized carbons (Fsp3) is 0.316. The van der Waals surface area contributed by atoms with Crippen LogP contribution in [0.1, 0.15) is 19.8 Å². The molecule has 28 heavy (non-hydrogen) atoms. The first-order valence-electron chi connectivity index (χ1n) is 8.66. The van der Waals surface area contributed by atoms with Gasteiger partial charge in [0.05, 0.1) is 23.6 Å². The predicted octanol–water partition coefficient (Wildman–Crippen LogP) is 4.06. The molecule has 0 bridgehead atoms. The standard InChI is InChI=1S/C19H22ClFN2O4S/c1-3-27-18-8-5-4-7-17(18)23(28(2,25)26)12-6-9-19(24)22-14-10-11-16(21)15(20)13-14/h4-5,7-8,10-11,13H,3,6,9,12H2,1-2H3,(H,22,24). The number of benzene rings is 2. The zero-order valence-corrected chi connectivity index (χ0v) is 17.2. The first-order chi connectivity index (χ1) is 13.2. The molecule has 2 aromatic rings. The molecule has 6 nitrogen and oxygen atoms in total. The minimum atomic E-state index is -3.56. The maximum Gasteiger partial charge on any atom is 0.232 e. The fourth-order valence-corrected chi connectivity index (χ4v) is 3.74. The van der Waals surface area contributed by atoms with E-state index in [1.165, 1.54) is 16.4 Å². The van der Waals surface area contributed by atoms with Crippen molar-refractivity contribution in [2.24, 2.45) is 0 Å². The number of carbonyl (C=O) groups is 1. The van der Waals surface area contributed by atoms with E-state index in [1.807, 2.05) is 6.92 Å². The van der Waals surface area contributed by atoms with Crippen LogP contribution in [0.2, 0.25) is 5.02 Å². The number of nitrogens with one attached hydrogen (secondary N) is 1. The number of para-hydroxylation sites is 2. The van der Waals surface area contributed by atoms with Crippen LogP contribution in [0.3, 0.4) is 0 Å². The van der Waals surface area contributed by atoms with Gasteiger partial charge >= 0.3 is 0 Å². The minimum Gasteiger partial charge on any atom is -0.492 e. The molecule has 0 aromatic heterocycles. The quantitative estimate of drug-likeness (QED) is 0.653. The number of hydrogen-bond donors (Lipinski definition) is 1. The second kappa shape index (κ2) is 9.75. The van der Waals surface area contributed by atoms with Crippen molar-refractivity contribution >= 4 is 38.9 Å². The molecule has 152 valence electrons. The Bertz CT molecular complexity index is 937. The molecule has 0 aliphatic rings. The lowest BCUT2D eigenvalue weighted by Gasteiger charge is -2.24. The van der Waals surface area contributed by atoms with Crippen molar-refractivity contribution in [2.75, 3.05) is 29.0 Å². The first-order valence-corrected chi connectivity index (χ1v) is 10.9. The van der Waals surface area contributed by atoms with Gasteiger partial charge in [0.25, 0.3) is 0 Å². The van der Waals surface area contributed by atoms with Crippen molar-refractivity contribution in [3.05, 3.63) is 53.3 Å². The largest absolute Gasteiger partial charge is 0.492 e. The lowest BCUT2D eigenvalue weighted by Crippen LogP contribution is -2.31. The van der Waals surface area contributed by atoms with Crippen LogP contribution < -0.4 is 14.4 Å². The second-order valence-corrected chi connectivity index (χ2v) is 8.33. The van der Waals surface area contributed by atoms with E-state index in [9.17, 15) is 17.6 Å². The topological polar surface area (TPSA) is 75.7 Å². The number of sulfonamides is 1. The summed E-state index contributed by atoms with van der Waals surface area (Å²) in [5, 5.41) is 2.52. The van der Waals surface area contributed by atoms with Crippen LogP contribution in [0.25, 0.3) is 0 Å². The highest BCUT2D eigenvalue weighted by atomic mass is 35.5. The van der Waals surface area contributed by atoms with E-state index in [-0.39, 0.29) is 30.3 Å².